The van der Waals surface area contributed by atoms with Crippen LogP contribution in [0.15, 0.2) is 18.2 Å². The van der Waals surface area contributed by atoms with Gasteiger partial charge >= 0.3 is 18.2 Å². The molecule has 0 bridgehead atoms. The molecule has 0 aliphatic carbocycles. The highest BCUT2D eigenvalue weighted by atomic mass is 35.5. The zero-order chi connectivity index (χ0) is 28.4. The number of carbonyl (C=O) groups is 2. The Labute approximate surface area is 217 Å². The standard InChI is InChI=1S/C23H22ClF5N6O3/c1-10-14-16(30)31-17(32-18(14)35(19(10)36)20(37)38-21(2,3)4)15-12-6-5-11(24)9-13(12)34(33-15)8-7-22(25,26)23(27,28)29/h5-6,9-10H,7-8H2,1-4H3,(H2,30,31,32). The fraction of sp³-hybridized carbons (Fsp3) is 0.435. The molecule has 0 saturated heterocycles. The molecule has 3 aromatic rings. The summed E-state index contributed by atoms with van der Waals surface area (Å²) in [6.45, 7) is 5.53. The van der Waals surface area contributed by atoms with Crippen molar-refractivity contribution >= 4 is 46.1 Å². The number of nitrogen functional groups attached to an aromatic ring is 1. The second-order valence-electron chi connectivity index (χ2n) is 9.73. The van der Waals surface area contributed by atoms with E-state index in [-0.39, 0.29) is 44.6 Å². The van der Waals surface area contributed by atoms with Crippen molar-refractivity contribution in [3.05, 3.63) is 28.8 Å². The lowest BCUT2D eigenvalue weighted by molar-refractivity contribution is -0.285. The third-order valence-electron chi connectivity index (χ3n) is 5.74. The largest absolute Gasteiger partial charge is 0.453 e. The predicted molar refractivity (Wildman–Crippen MR) is 128 cm³/mol. The molecule has 1 aliphatic heterocycles. The van der Waals surface area contributed by atoms with Gasteiger partial charge < -0.3 is 10.5 Å². The molecule has 0 fully saturated rings. The Balaban J connectivity index is 1.83. The first-order valence-electron chi connectivity index (χ1n) is 11.3. The van der Waals surface area contributed by atoms with Crippen LogP contribution in [0.5, 0.6) is 0 Å². The molecular weight excluding hydrogens is 539 g/mol. The number of aromatic nitrogens is 4. The summed E-state index contributed by atoms with van der Waals surface area (Å²) in [4.78, 5) is 35.0. The van der Waals surface area contributed by atoms with Crippen LogP contribution in [0.1, 0.15) is 45.6 Å². The third-order valence-corrected chi connectivity index (χ3v) is 5.98. The van der Waals surface area contributed by atoms with Crippen LogP contribution in [-0.4, -0.2) is 49.4 Å². The molecular formula is C23H22ClF5N6O3. The molecule has 38 heavy (non-hydrogen) atoms. The monoisotopic (exact) mass is 560 g/mol. The summed E-state index contributed by atoms with van der Waals surface area (Å²) in [6, 6.07) is 4.26. The number of fused-ring (bicyclic) bond motifs is 2. The van der Waals surface area contributed by atoms with Gasteiger partial charge in [0.2, 0.25) is 5.91 Å². The van der Waals surface area contributed by atoms with Gasteiger partial charge in [0.25, 0.3) is 0 Å². The number of halogens is 6. The number of alkyl halides is 5. The van der Waals surface area contributed by atoms with Crippen LogP contribution in [0.4, 0.5) is 38.4 Å². The summed E-state index contributed by atoms with van der Waals surface area (Å²) in [5.74, 6) is -6.95. The molecule has 1 aliphatic rings. The minimum absolute atomic E-state index is 0.0300. The quantitative estimate of drug-likeness (QED) is 0.407. The van der Waals surface area contributed by atoms with Crippen molar-refractivity contribution in [1.29, 1.82) is 0 Å². The lowest BCUT2D eigenvalue weighted by Gasteiger charge is -2.23. The normalized spacial score (nSPS) is 16.3. The summed E-state index contributed by atoms with van der Waals surface area (Å²) in [7, 11) is 0. The van der Waals surface area contributed by atoms with Gasteiger partial charge in [-0.05, 0) is 45.9 Å². The number of hydrogen-bond acceptors (Lipinski definition) is 7. The van der Waals surface area contributed by atoms with Crippen LogP contribution in [0.25, 0.3) is 22.4 Å². The summed E-state index contributed by atoms with van der Waals surface area (Å²) in [5, 5.41) is 4.62. The van der Waals surface area contributed by atoms with Crippen molar-refractivity contribution < 1.29 is 36.3 Å². The Morgan fingerprint density at radius 2 is 1.82 bits per heavy atom. The second-order valence-corrected chi connectivity index (χ2v) is 10.2. The van der Waals surface area contributed by atoms with E-state index in [9.17, 15) is 31.5 Å². The minimum atomic E-state index is -5.73. The van der Waals surface area contributed by atoms with E-state index in [1.165, 1.54) is 25.1 Å². The van der Waals surface area contributed by atoms with Gasteiger partial charge in [0, 0.05) is 23.4 Å². The minimum Gasteiger partial charge on any atom is -0.443 e. The molecule has 1 aromatic carbocycles. The van der Waals surface area contributed by atoms with E-state index >= 15 is 0 Å². The lowest BCUT2D eigenvalue weighted by atomic mass is 10.1. The number of nitrogens with two attached hydrogens (primary N) is 1. The zero-order valence-corrected chi connectivity index (χ0v) is 21.3. The summed E-state index contributed by atoms with van der Waals surface area (Å²) in [5.41, 5.74) is 5.49. The Hall–Kier alpha value is -3.55. The van der Waals surface area contributed by atoms with Crippen LogP contribution >= 0.6 is 11.6 Å². The van der Waals surface area contributed by atoms with E-state index in [1.807, 2.05) is 0 Å². The van der Waals surface area contributed by atoms with Crippen LogP contribution in [-0.2, 0) is 16.1 Å². The number of aryl methyl sites for hydroxylation is 1. The number of rotatable bonds is 4. The third kappa shape index (κ3) is 4.84. The second kappa shape index (κ2) is 9.03. The number of imide groups is 1. The van der Waals surface area contributed by atoms with E-state index in [1.54, 1.807) is 20.8 Å². The number of hydrogen-bond donors (Lipinski definition) is 1. The van der Waals surface area contributed by atoms with Gasteiger partial charge in [0.1, 0.15) is 17.1 Å². The number of carbonyl (C=O) groups excluding carboxylic acids is 2. The number of ether oxygens (including phenoxy) is 1. The maximum absolute atomic E-state index is 13.6. The molecule has 1 atom stereocenters. The first-order chi connectivity index (χ1) is 17.4. The zero-order valence-electron chi connectivity index (χ0n) is 20.5. The van der Waals surface area contributed by atoms with Crippen LogP contribution in [0.3, 0.4) is 0 Å². The molecule has 2 amide bonds. The van der Waals surface area contributed by atoms with Crippen molar-refractivity contribution in [2.45, 2.75) is 64.3 Å². The van der Waals surface area contributed by atoms with Gasteiger partial charge in [-0.15, -0.1) is 0 Å². The molecule has 9 nitrogen and oxygen atoms in total. The number of anilines is 2. The van der Waals surface area contributed by atoms with Crippen LogP contribution in [0.2, 0.25) is 5.02 Å². The van der Waals surface area contributed by atoms with Crippen molar-refractivity contribution in [2.24, 2.45) is 0 Å². The first kappa shape index (κ1) is 27.5. The molecule has 2 aromatic heterocycles. The topological polar surface area (TPSA) is 116 Å². The molecule has 1 unspecified atom stereocenters. The van der Waals surface area contributed by atoms with Crippen molar-refractivity contribution in [1.82, 2.24) is 19.7 Å². The maximum Gasteiger partial charge on any atom is 0.453 e. The van der Waals surface area contributed by atoms with Crippen LogP contribution < -0.4 is 10.6 Å². The summed E-state index contributed by atoms with van der Waals surface area (Å²) in [6.07, 6.45) is -8.30. The van der Waals surface area contributed by atoms with E-state index in [2.05, 4.69) is 15.1 Å². The first-order valence-corrected chi connectivity index (χ1v) is 11.6. The molecule has 204 valence electrons. The number of nitrogens with zero attached hydrogens (tertiary/aromatic N) is 5. The molecule has 0 radical (unpaired) electrons. The molecule has 3 heterocycles. The predicted octanol–water partition coefficient (Wildman–Crippen LogP) is 5.70. The number of amides is 2. The Kier molecular flexibility index (Phi) is 6.53. The van der Waals surface area contributed by atoms with Gasteiger partial charge in [-0.25, -0.2) is 14.8 Å². The molecule has 15 heteroatoms. The van der Waals surface area contributed by atoms with E-state index < -0.39 is 48.6 Å². The van der Waals surface area contributed by atoms with Gasteiger partial charge in [0.05, 0.1) is 17.0 Å². The van der Waals surface area contributed by atoms with Crippen molar-refractivity contribution in [3.63, 3.8) is 0 Å². The van der Waals surface area contributed by atoms with E-state index in [0.29, 0.717) is 0 Å². The SMILES string of the molecule is CC1C(=O)N(C(=O)OC(C)(C)C)c2nc(-c3nn(CCC(F)(F)C(F)(F)F)c4cc(Cl)ccc34)nc(N)c21. The Bertz CT molecular complexity index is 1450. The highest BCUT2D eigenvalue weighted by Gasteiger charge is 2.56. The van der Waals surface area contributed by atoms with E-state index in [4.69, 9.17) is 22.1 Å². The number of benzene rings is 1. The fourth-order valence-corrected chi connectivity index (χ4v) is 4.11. The fourth-order valence-electron chi connectivity index (χ4n) is 3.94. The van der Waals surface area contributed by atoms with E-state index in [0.717, 1.165) is 9.58 Å². The Morgan fingerprint density at radius 1 is 1.16 bits per heavy atom. The van der Waals surface area contributed by atoms with Crippen LogP contribution in [0, 0.1) is 0 Å². The molecule has 0 saturated carbocycles. The molecule has 2 N–H and O–H groups in total. The molecule has 4 rings (SSSR count). The van der Waals surface area contributed by atoms with Gasteiger partial charge in [0.15, 0.2) is 11.6 Å². The summed E-state index contributed by atoms with van der Waals surface area (Å²) >= 11 is 6.03. The highest BCUT2D eigenvalue weighted by molar-refractivity contribution is 6.31. The van der Waals surface area contributed by atoms with Gasteiger partial charge in [-0.3, -0.25) is 9.48 Å². The van der Waals surface area contributed by atoms with Crippen molar-refractivity contribution in [3.8, 4) is 11.5 Å². The smallest absolute Gasteiger partial charge is 0.443 e. The average Bonchev–Trinajstić information content (AvgIpc) is 3.25. The summed E-state index contributed by atoms with van der Waals surface area (Å²) < 4.78 is 71.7. The van der Waals surface area contributed by atoms with Gasteiger partial charge in [-0.2, -0.15) is 32.0 Å². The molecule has 0 spiro atoms. The lowest BCUT2D eigenvalue weighted by Crippen LogP contribution is -2.39. The maximum atomic E-state index is 13.6. The Morgan fingerprint density at radius 3 is 2.42 bits per heavy atom. The highest BCUT2D eigenvalue weighted by Crippen LogP contribution is 2.42. The average molecular weight is 561 g/mol. The van der Waals surface area contributed by atoms with Gasteiger partial charge in [-0.1, -0.05) is 11.6 Å². The van der Waals surface area contributed by atoms with Crippen molar-refractivity contribution in [2.75, 3.05) is 10.6 Å².